The van der Waals surface area contributed by atoms with E-state index in [1.165, 1.54) is 12.3 Å². The van der Waals surface area contributed by atoms with Gasteiger partial charge in [0, 0.05) is 25.3 Å². The molecule has 1 aliphatic heterocycles. The first-order chi connectivity index (χ1) is 8.52. The van der Waals surface area contributed by atoms with Gasteiger partial charge in [0.15, 0.2) is 0 Å². The molecule has 0 aliphatic carbocycles. The van der Waals surface area contributed by atoms with Gasteiger partial charge < -0.3 is 10.2 Å². The van der Waals surface area contributed by atoms with Crippen LogP contribution in [0.3, 0.4) is 0 Å². The molecule has 2 rings (SSSR count). The van der Waals surface area contributed by atoms with Crippen molar-refractivity contribution in [1.82, 2.24) is 10.3 Å². The monoisotopic (exact) mass is 270 g/mol. The summed E-state index contributed by atoms with van der Waals surface area (Å²) in [7, 11) is -1.74. The van der Waals surface area contributed by atoms with Crippen LogP contribution in [0, 0.1) is 0 Å². The van der Waals surface area contributed by atoms with Crippen LogP contribution in [-0.4, -0.2) is 39.6 Å². The molecule has 0 amide bonds. The van der Waals surface area contributed by atoms with Gasteiger partial charge in [-0.05, 0) is 32.0 Å². The van der Waals surface area contributed by atoms with Crippen LogP contribution in [-0.2, 0) is 10.0 Å². The number of rotatable bonds is 4. The first-order valence-electron chi connectivity index (χ1n) is 5.92. The van der Waals surface area contributed by atoms with E-state index in [1.54, 1.807) is 6.07 Å². The van der Waals surface area contributed by atoms with Crippen LogP contribution >= 0.6 is 0 Å². The molecular weight excluding hydrogens is 252 g/mol. The van der Waals surface area contributed by atoms with Crippen LogP contribution in [0.15, 0.2) is 23.2 Å². The fourth-order valence-corrected chi connectivity index (χ4v) is 2.75. The highest BCUT2D eigenvalue weighted by Gasteiger charge is 2.25. The molecule has 1 saturated heterocycles. The summed E-state index contributed by atoms with van der Waals surface area (Å²) in [5.41, 5.74) is 0. The number of nitrogens with zero attached hydrogens (tertiary/aromatic N) is 2. The maximum atomic E-state index is 11.1. The van der Waals surface area contributed by atoms with Gasteiger partial charge in [-0.25, -0.2) is 18.5 Å². The van der Waals surface area contributed by atoms with Crippen molar-refractivity contribution in [1.29, 1.82) is 0 Å². The maximum absolute atomic E-state index is 11.1. The van der Waals surface area contributed by atoms with Gasteiger partial charge in [-0.3, -0.25) is 0 Å². The average Bonchev–Trinajstić information content (AvgIpc) is 2.77. The summed E-state index contributed by atoms with van der Waals surface area (Å²) in [6.07, 6.45) is 3.57. The Morgan fingerprint density at radius 1 is 1.56 bits per heavy atom. The fourth-order valence-electron chi connectivity index (χ4n) is 2.30. The van der Waals surface area contributed by atoms with Crippen LogP contribution in [0.1, 0.15) is 12.8 Å². The molecule has 1 aromatic heterocycles. The largest absolute Gasteiger partial charge is 0.352 e. The molecule has 0 saturated carbocycles. The molecule has 0 spiro atoms. The number of nitrogens with two attached hydrogens (primary N) is 1. The van der Waals surface area contributed by atoms with Gasteiger partial charge >= 0.3 is 0 Å². The second-order valence-electron chi connectivity index (χ2n) is 4.44. The average molecular weight is 270 g/mol. The summed E-state index contributed by atoms with van der Waals surface area (Å²) >= 11 is 0. The van der Waals surface area contributed by atoms with Gasteiger partial charge in [-0.15, -0.1) is 0 Å². The SMILES string of the molecule is CNCC1CCCN1c1ccc(S(N)(=O)=O)cn1. The highest BCUT2D eigenvalue weighted by molar-refractivity contribution is 7.89. The minimum absolute atomic E-state index is 0.0515. The van der Waals surface area contributed by atoms with Crippen LogP contribution in [0.2, 0.25) is 0 Å². The summed E-state index contributed by atoms with van der Waals surface area (Å²) in [6.45, 7) is 1.85. The zero-order chi connectivity index (χ0) is 13.2. The number of aromatic nitrogens is 1. The standard InChI is InChI=1S/C11H18N4O2S/c1-13-7-9-3-2-6-15(9)11-5-4-10(8-14-11)18(12,16)17/h4-5,8-9,13H,2-3,6-7H2,1H3,(H2,12,16,17). The van der Waals surface area contributed by atoms with Crippen molar-refractivity contribution < 1.29 is 8.42 Å². The van der Waals surface area contributed by atoms with Crippen molar-refractivity contribution in [3.8, 4) is 0 Å². The fraction of sp³-hybridized carbons (Fsp3) is 0.545. The predicted molar refractivity (Wildman–Crippen MR) is 69.9 cm³/mol. The number of primary sulfonamides is 1. The third-order valence-corrected chi connectivity index (χ3v) is 4.06. The maximum Gasteiger partial charge on any atom is 0.239 e. The molecule has 1 atom stereocenters. The molecular formula is C11H18N4O2S. The molecule has 2 heterocycles. The molecule has 1 fully saturated rings. The molecule has 0 radical (unpaired) electrons. The number of hydrogen-bond acceptors (Lipinski definition) is 5. The summed E-state index contributed by atoms with van der Waals surface area (Å²) in [5.74, 6) is 0.806. The topological polar surface area (TPSA) is 88.3 Å². The smallest absolute Gasteiger partial charge is 0.239 e. The van der Waals surface area contributed by atoms with Crippen molar-refractivity contribution in [3.63, 3.8) is 0 Å². The Hall–Kier alpha value is -1.18. The van der Waals surface area contributed by atoms with Gasteiger partial charge in [-0.1, -0.05) is 0 Å². The summed E-state index contributed by atoms with van der Waals surface area (Å²) in [5, 5.41) is 8.20. The van der Waals surface area contributed by atoms with Gasteiger partial charge in [0.1, 0.15) is 10.7 Å². The molecule has 6 nitrogen and oxygen atoms in total. The molecule has 1 unspecified atom stereocenters. The van der Waals surface area contributed by atoms with Gasteiger partial charge in [0.2, 0.25) is 10.0 Å². The lowest BCUT2D eigenvalue weighted by molar-refractivity contribution is 0.596. The first-order valence-corrected chi connectivity index (χ1v) is 7.47. The van der Waals surface area contributed by atoms with E-state index in [9.17, 15) is 8.42 Å². The molecule has 1 aromatic rings. The number of sulfonamides is 1. The van der Waals surface area contributed by atoms with E-state index in [1.807, 2.05) is 7.05 Å². The molecule has 0 bridgehead atoms. The Labute approximate surface area is 107 Å². The van der Waals surface area contributed by atoms with E-state index in [2.05, 4.69) is 15.2 Å². The van der Waals surface area contributed by atoms with Crippen LogP contribution in [0.25, 0.3) is 0 Å². The van der Waals surface area contributed by atoms with E-state index >= 15 is 0 Å². The predicted octanol–water partition coefficient (Wildman–Crippen LogP) is -0.0828. The zero-order valence-electron chi connectivity index (χ0n) is 10.3. The normalized spacial score (nSPS) is 20.3. The van der Waals surface area contributed by atoms with Gasteiger partial charge in [0.05, 0.1) is 0 Å². The first kappa shape index (κ1) is 13.3. The molecule has 7 heteroatoms. The lowest BCUT2D eigenvalue weighted by Crippen LogP contribution is -2.37. The van der Waals surface area contributed by atoms with Crippen LogP contribution in [0.5, 0.6) is 0 Å². The Kier molecular flexibility index (Phi) is 3.84. The van der Waals surface area contributed by atoms with Crippen molar-refractivity contribution in [2.24, 2.45) is 5.14 Å². The molecule has 18 heavy (non-hydrogen) atoms. The number of pyridine rings is 1. The molecule has 100 valence electrons. The van der Waals surface area contributed by atoms with Crippen LogP contribution in [0.4, 0.5) is 5.82 Å². The Bertz CT molecular complexity index is 500. The molecule has 1 aliphatic rings. The lowest BCUT2D eigenvalue weighted by atomic mass is 10.2. The molecule has 3 N–H and O–H groups in total. The lowest BCUT2D eigenvalue weighted by Gasteiger charge is -2.25. The van der Waals surface area contributed by atoms with Gasteiger partial charge in [0.25, 0.3) is 0 Å². The van der Waals surface area contributed by atoms with E-state index < -0.39 is 10.0 Å². The summed E-state index contributed by atoms with van der Waals surface area (Å²) in [6, 6.07) is 3.64. The summed E-state index contributed by atoms with van der Waals surface area (Å²) < 4.78 is 22.3. The zero-order valence-corrected chi connectivity index (χ0v) is 11.2. The van der Waals surface area contributed by atoms with E-state index in [0.29, 0.717) is 6.04 Å². The Morgan fingerprint density at radius 3 is 2.89 bits per heavy atom. The highest BCUT2D eigenvalue weighted by atomic mass is 32.2. The number of likely N-dealkylation sites (N-methyl/N-ethyl adjacent to an activating group) is 1. The highest BCUT2D eigenvalue weighted by Crippen LogP contribution is 2.23. The minimum Gasteiger partial charge on any atom is -0.352 e. The van der Waals surface area contributed by atoms with E-state index in [-0.39, 0.29) is 4.90 Å². The van der Waals surface area contributed by atoms with E-state index in [0.717, 1.165) is 31.7 Å². The number of anilines is 1. The van der Waals surface area contributed by atoms with E-state index in [4.69, 9.17) is 5.14 Å². The second kappa shape index (κ2) is 5.21. The quantitative estimate of drug-likeness (QED) is 0.798. The Morgan fingerprint density at radius 2 is 2.33 bits per heavy atom. The second-order valence-corrected chi connectivity index (χ2v) is 6.01. The van der Waals surface area contributed by atoms with Crippen molar-refractivity contribution in [2.45, 2.75) is 23.8 Å². The third-order valence-electron chi connectivity index (χ3n) is 3.16. The number of nitrogens with one attached hydrogen (secondary N) is 1. The Balaban J connectivity index is 2.19. The summed E-state index contributed by atoms with van der Waals surface area (Å²) in [4.78, 5) is 6.45. The van der Waals surface area contributed by atoms with Crippen molar-refractivity contribution in [3.05, 3.63) is 18.3 Å². The minimum atomic E-state index is -3.66. The van der Waals surface area contributed by atoms with Gasteiger partial charge in [-0.2, -0.15) is 0 Å². The van der Waals surface area contributed by atoms with Crippen LogP contribution < -0.4 is 15.4 Å². The number of hydrogen-bond donors (Lipinski definition) is 2. The molecule has 0 aromatic carbocycles. The van der Waals surface area contributed by atoms with Crippen molar-refractivity contribution >= 4 is 15.8 Å². The third kappa shape index (κ3) is 2.80. The van der Waals surface area contributed by atoms with Crippen molar-refractivity contribution in [2.75, 3.05) is 25.0 Å².